The Hall–Kier alpha value is -0.530. The molecule has 0 aromatic heterocycles. The maximum Gasteiger partial charge on any atom is 0.220 e. The molecule has 2 fully saturated rings. The van der Waals surface area contributed by atoms with Gasteiger partial charge in [0.25, 0.3) is 0 Å². The van der Waals surface area contributed by atoms with Crippen LogP contribution in [0.5, 0.6) is 0 Å². The molecule has 0 radical (unpaired) electrons. The Kier molecular flexibility index (Phi) is 2.54. The maximum absolute atomic E-state index is 11.6. The zero-order valence-corrected chi connectivity index (χ0v) is 9.31. The number of nitrogens with one attached hydrogen (secondary N) is 1. The summed E-state index contributed by atoms with van der Waals surface area (Å²) < 4.78 is 0. The molecule has 80 valence electrons. The largest absolute Gasteiger partial charge is 0.353 e. The summed E-state index contributed by atoms with van der Waals surface area (Å²) >= 11 is 0. The van der Waals surface area contributed by atoms with Gasteiger partial charge in [-0.1, -0.05) is 26.7 Å². The Morgan fingerprint density at radius 1 is 1.29 bits per heavy atom. The van der Waals surface area contributed by atoms with E-state index in [2.05, 4.69) is 19.2 Å². The average molecular weight is 195 g/mol. The molecule has 2 nitrogen and oxygen atoms in total. The highest BCUT2D eigenvalue weighted by molar-refractivity contribution is 5.77. The van der Waals surface area contributed by atoms with Crippen LogP contribution >= 0.6 is 0 Å². The van der Waals surface area contributed by atoms with E-state index < -0.39 is 0 Å². The van der Waals surface area contributed by atoms with Crippen molar-refractivity contribution in [2.75, 3.05) is 0 Å². The fourth-order valence-electron chi connectivity index (χ4n) is 3.12. The molecule has 1 N–H and O–H groups in total. The van der Waals surface area contributed by atoms with Crippen LogP contribution in [0, 0.1) is 11.3 Å². The van der Waals surface area contributed by atoms with Crippen LogP contribution in [0.1, 0.15) is 52.4 Å². The number of fused-ring (bicyclic) bond motifs is 1. The van der Waals surface area contributed by atoms with Gasteiger partial charge in [-0.2, -0.15) is 0 Å². The zero-order chi connectivity index (χ0) is 10.2. The summed E-state index contributed by atoms with van der Waals surface area (Å²) in [5.41, 5.74) is 0.209. The van der Waals surface area contributed by atoms with Crippen LogP contribution in [0.15, 0.2) is 0 Å². The minimum Gasteiger partial charge on any atom is -0.353 e. The van der Waals surface area contributed by atoms with E-state index in [-0.39, 0.29) is 11.3 Å². The van der Waals surface area contributed by atoms with Gasteiger partial charge in [-0.3, -0.25) is 4.79 Å². The highest BCUT2D eigenvalue weighted by Crippen LogP contribution is 2.38. The number of hydrogen-bond acceptors (Lipinski definition) is 1. The molecule has 0 aromatic rings. The van der Waals surface area contributed by atoms with Gasteiger partial charge in [0.15, 0.2) is 0 Å². The first kappa shape index (κ1) is 10.0. The number of carbonyl (C=O) groups is 1. The normalized spacial score (nSPS) is 36.9. The predicted molar refractivity (Wildman–Crippen MR) is 56.9 cm³/mol. The highest BCUT2D eigenvalue weighted by atomic mass is 16.1. The summed E-state index contributed by atoms with van der Waals surface area (Å²) in [5.74, 6) is 1.01. The lowest BCUT2D eigenvalue weighted by molar-refractivity contribution is -0.123. The lowest BCUT2D eigenvalue weighted by Gasteiger charge is -2.32. The van der Waals surface area contributed by atoms with Crippen LogP contribution in [0.2, 0.25) is 0 Å². The number of rotatable bonds is 0. The first-order chi connectivity index (χ1) is 6.57. The molecule has 14 heavy (non-hydrogen) atoms. The van der Waals surface area contributed by atoms with Crippen molar-refractivity contribution < 1.29 is 4.79 Å². The molecule has 2 rings (SSSR count). The van der Waals surface area contributed by atoms with E-state index in [4.69, 9.17) is 0 Å². The van der Waals surface area contributed by atoms with Crippen molar-refractivity contribution in [3.05, 3.63) is 0 Å². The van der Waals surface area contributed by atoms with Crippen LogP contribution in [-0.4, -0.2) is 11.9 Å². The van der Waals surface area contributed by atoms with Gasteiger partial charge in [0, 0.05) is 12.5 Å². The molecule has 0 unspecified atom stereocenters. The Morgan fingerprint density at radius 2 is 2.00 bits per heavy atom. The lowest BCUT2D eigenvalue weighted by atomic mass is 9.74. The third-order valence-electron chi connectivity index (χ3n) is 3.71. The molecule has 0 bridgehead atoms. The summed E-state index contributed by atoms with van der Waals surface area (Å²) in [6.07, 6.45) is 7.09. The van der Waals surface area contributed by atoms with Crippen molar-refractivity contribution in [2.45, 2.75) is 58.4 Å². The second-order valence-electron chi connectivity index (χ2n) is 5.76. The second kappa shape index (κ2) is 3.56. The molecule has 1 saturated heterocycles. The lowest BCUT2D eigenvalue weighted by Crippen LogP contribution is -2.39. The van der Waals surface area contributed by atoms with E-state index in [1.54, 1.807) is 0 Å². The smallest absolute Gasteiger partial charge is 0.220 e. The van der Waals surface area contributed by atoms with Crippen LogP contribution in [0.4, 0.5) is 0 Å². The number of amides is 1. The van der Waals surface area contributed by atoms with Gasteiger partial charge >= 0.3 is 0 Å². The van der Waals surface area contributed by atoms with Crippen LogP contribution < -0.4 is 5.32 Å². The third-order valence-corrected chi connectivity index (χ3v) is 3.71. The summed E-state index contributed by atoms with van der Waals surface area (Å²) in [6, 6.07) is 0.484. The Labute approximate surface area is 86.5 Å². The molecule has 1 aliphatic carbocycles. The van der Waals surface area contributed by atoms with Crippen molar-refractivity contribution in [1.29, 1.82) is 0 Å². The van der Waals surface area contributed by atoms with Crippen molar-refractivity contribution in [1.82, 2.24) is 5.32 Å². The fraction of sp³-hybridized carbons (Fsp3) is 0.917. The second-order valence-corrected chi connectivity index (χ2v) is 5.76. The monoisotopic (exact) mass is 195 g/mol. The first-order valence-corrected chi connectivity index (χ1v) is 5.86. The summed E-state index contributed by atoms with van der Waals surface area (Å²) in [5, 5.41) is 3.20. The van der Waals surface area contributed by atoms with Crippen LogP contribution in [0.25, 0.3) is 0 Å². The van der Waals surface area contributed by atoms with Crippen LogP contribution in [-0.2, 0) is 4.79 Å². The van der Waals surface area contributed by atoms with Crippen molar-refractivity contribution >= 4 is 5.91 Å². The molecule has 1 saturated carbocycles. The molecule has 0 spiro atoms. The Balaban J connectivity index is 2.12. The molecule has 0 aromatic carbocycles. The summed E-state index contributed by atoms with van der Waals surface area (Å²) in [6.45, 7) is 4.45. The van der Waals surface area contributed by atoms with Gasteiger partial charge < -0.3 is 5.32 Å². The van der Waals surface area contributed by atoms with Gasteiger partial charge in [0.1, 0.15) is 0 Å². The SMILES string of the molecule is CC1(C)CC(=O)N[C@H]2CCCC[C@@H]2C1. The van der Waals surface area contributed by atoms with Gasteiger partial charge in [-0.15, -0.1) is 0 Å². The van der Waals surface area contributed by atoms with E-state index in [1.165, 1.54) is 32.1 Å². The highest BCUT2D eigenvalue weighted by Gasteiger charge is 2.36. The topological polar surface area (TPSA) is 29.1 Å². The Morgan fingerprint density at radius 3 is 2.79 bits per heavy atom. The first-order valence-electron chi connectivity index (χ1n) is 5.86. The minimum absolute atomic E-state index is 0.209. The minimum atomic E-state index is 0.209. The van der Waals surface area contributed by atoms with Gasteiger partial charge in [0.05, 0.1) is 0 Å². The molecule has 2 heteroatoms. The average Bonchev–Trinajstić information content (AvgIpc) is 2.16. The molecule has 2 aliphatic rings. The third kappa shape index (κ3) is 2.10. The van der Waals surface area contributed by atoms with Crippen molar-refractivity contribution in [3.63, 3.8) is 0 Å². The predicted octanol–water partition coefficient (Wildman–Crippen LogP) is 2.48. The molecule has 2 atom stereocenters. The Bertz CT molecular complexity index is 234. The number of hydrogen-bond donors (Lipinski definition) is 1. The van der Waals surface area contributed by atoms with E-state index >= 15 is 0 Å². The number of carbonyl (C=O) groups excluding carboxylic acids is 1. The quantitative estimate of drug-likeness (QED) is 0.632. The van der Waals surface area contributed by atoms with Crippen LogP contribution in [0.3, 0.4) is 0 Å². The van der Waals surface area contributed by atoms with E-state index in [0.717, 1.165) is 5.92 Å². The molecule has 1 heterocycles. The van der Waals surface area contributed by atoms with Crippen molar-refractivity contribution in [3.8, 4) is 0 Å². The summed E-state index contributed by atoms with van der Waals surface area (Å²) in [7, 11) is 0. The molecular weight excluding hydrogens is 174 g/mol. The zero-order valence-electron chi connectivity index (χ0n) is 9.31. The van der Waals surface area contributed by atoms with Gasteiger partial charge in [-0.25, -0.2) is 0 Å². The van der Waals surface area contributed by atoms with E-state index in [1.807, 2.05) is 0 Å². The molecule has 1 aliphatic heterocycles. The van der Waals surface area contributed by atoms with Gasteiger partial charge in [-0.05, 0) is 30.6 Å². The fourth-order valence-corrected chi connectivity index (χ4v) is 3.12. The van der Waals surface area contributed by atoms with Gasteiger partial charge in [0.2, 0.25) is 5.91 Å². The maximum atomic E-state index is 11.6. The van der Waals surface area contributed by atoms with E-state index in [9.17, 15) is 4.79 Å². The molecule has 1 amide bonds. The van der Waals surface area contributed by atoms with Crippen molar-refractivity contribution in [2.24, 2.45) is 11.3 Å². The summed E-state index contributed by atoms with van der Waals surface area (Å²) in [4.78, 5) is 11.6. The van der Waals surface area contributed by atoms with E-state index in [0.29, 0.717) is 12.5 Å². The molecular formula is C12H21NO. The standard InChI is InChI=1S/C12H21NO/c1-12(2)7-9-5-3-4-6-10(9)13-11(14)8-12/h9-10H,3-8H2,1-2H3,(H,13,14)/t9-,10+/m1/s1.